The second-order valence-electron chi connectivity index (χ2n) is 5.55. The smallest absolute Gasteiger partial charge is 0.150 e. The van der Waals surface area contributed by atoms with Crippen molar-refractivity contribution in [3.8, 4) is 11.3 Å². The van der Waals surface area contributed by atoms with Crippen LogP contribution < -0.4 is 5.73 Å². The summed E-state index contributed by atoms with van der Waals surface area (Å²) in [7, 11) is 0. The molecule has 6 nitrogen and oxygen atoms in total. The van der Waals surface area contributed by atoms with Gasteiger partial charge in [0.15, 0.2) is 5.82 Å². The average Bonchev–Trinajstić information content (AvgIpc) is 2.99. The van der Waals surface area contributed by atoms with E-state index in [1.165, 1.54) is 0 Å². The number of pyridine rings is 2. The number of nitrogens with zero attached hydrogens (tertiary/aromatic N) is 4. The first-order valence-corrected chi connectivity index (χ1v) is 7.74. The van der Waals surface area contributed by atoms with Crippen LogP contribution in [0.15, 0.2) is 78.3 Å². The molecule has 25 heavy (non-hydrogen) atoms. The zero-order valence-corrected chi connectivity index (χ0v) is 13.2. The molecule has 4 rings (SSSR count). The highest BCUT2D eigenvalue weighted by Gasteiger charge is 2.14. The second kappa shape index (κ2) is 6.09. The molecule has 3 N–H and O–H groups in total. The van der Waals surface area contributed by atoms with Gasteiger partial charge in [-0.1, -0.05) is 35.5 Å². The van der Waals surface area contributed by atoms with Crippen molar-refractivity contribution in [3.05, 3.63) is 84.3 Å². The van der Waals surface area contributed by atoms with Gasteiger partial charge in [-0.3, -0.25) is 9.38 Å². The Kier molecular flexibility index (Phi) is 3.63. The number of hydrogen-bond donors (Lipinski definition) is 2. The van der Waals surface area contributed by atoms with Crippen LogP contribution in [0.25, 0.3) is 16.9 Å². The van der Waals surface area contributed by atoms with Crippen molar-refractivity contribution >= 4 is 17.2 Å². The molecular formula is C19H15N5O. The summed E-state index contributed by atoms with van der Waals surface area (Å²) in [5.74, 6) is 0.451. The van der Waals surface area contributed by atoms with Gasteiger partial charge < -0.3 is 10.9 Å². The third-order valence-electron chi connectivity index (χ3n) is 4.00. The maximum Gasteiger partial charge on any atom is 0.150 e. The van der Waals surface area contributed by atoms with Gasteiger partial charge in [0, 0.05) is 35.3 Å². The van der Waals surface area contributed by atoms with Crippen molar-refractivity contribution in [1.29, 1.82) is 0 Å². The number of imidazole rings is 1. The molecule has 0 atom stereocenters. The lowest BCUT2D eigenvalue weighted by Gasteiger charge is -2.07. The Bertz CT molecular complexity index is 1060. The van der Waals surface area contributed by atoms with Gasteiger partial charge in [0.1, 0.15) is 11.4 Å². The van der Waals surface area contributed by atoms with E-state index in [9.17, 15) is 5.21 Å². The molecule has 6 heteroatoms. The van der Waals surface area contributed by atoms with Gasteiger partial charge in [-0.15, -0.1) is 0 Å². The van der Waals surface area contributed by atoms with E-state index in [1.807, 2.05) is 59.1 Å². The third kappa shape index (κ3) is 2.59. The quantitative estimate of drug-likeness (QED) is 0.343. The lowest BCUT2D eigenvalue weighted by molar-refractivity contribution is 0.319. The average molecular weight is 329 g/mol. The van der Waals surface area contributed by atoms with Gasteiger partial charge in [0.25, 0.3) is 0 Å². The van der Waals surface area contributed by atoms with E-state index >= 15 is 0 Å². The molecule has 0 saturated heterocycles. The predicted molar refractivity (Wildman–Crippen MR) is 96.7 cm³/mol. The molecule has 3 aromatic heterocycles. The van der Waals surface area contributed by atoms with E-state index in [0.717, 1.165) is 28.0 Å². The number of fused-ring (bicyclic) bond motifs is 1. The SMILES string of the molecule is Nc1nc2ccc(C(=NO)c3cccnc3)cn2c1-c1ccccc1. The van der Waals surface area contributed by atoms with Crippen LogP contribution >= 0.6 is 0 Å². The largest absolute Gasteiger partial charge is 0.410 e. The zero-order chi connectivity index (χ0) is 17.2. The van der Waals surface area contributed by atoms with E-state index in [4.69, 9.17) is 5.73 Å². The Morgan fingerprint density at radius 3 is 2.56 bits per heavy atom. The van der Waals surface area contributed by atoms with E-state index in [1.54, 1.807) is 18.5 Å². The van der Waals surface area contributed by atoms with Gasteiger partial charge in [0.2, 0.25) is 0 Å². The highest BCUT2D eigenvalue weighted by molar-refractivity contribution is 6.12. The fraction of sp³-hybridized carbons (Fsp3) is 0. The Morgan fingerprint density at radius 2 is 1.84 bits per heavy atom. The normalized spacial score (nSPS) is 11.8. The summed E-state index contributed by atoms with van der Waals surface area (Å²) in [6.45, 7) is 0. The minimum atomic E-state index is 0.432. The summed E-state index contributed by atoms with van der Waals surface area (Å²) in [6.07, 6.45) is 5.19. The third-order valence-corrected chi connectivity index (χ3v) is 4.00. The molecule has 0 amide bonds. The molecule has 0 radical (unpaired) electrons. The van der Waals surface area contributed by atoms with Crippen LogP contribution in [0, 0.1) is 0 Å². The lowest BCUT2D eigenvalue weighted by Crippen LogP contribution is -2.05. The minimum absolute atomic E-state index is 0.432. The number of rotatable bonds is 3. The van der Waals surface area contributed by atoms with Crippen LogP contribution in [0.4, 0.5) is 5.82 Å². The highest BCUT2D eigenvalue weighted by Crippen LogP contribution is 2.27. The van der Waals surface area contributed by atoms with Crippen LogP contribution in [0.1, 0.15) is 11.1 Å². The number of hydrogen-bond acceptors (Lipinski definition) is 5. The number of oxime groups is 1. The van der Waals surface area contributed by atoms with Crippen molar-refractivity contribution in [2.45, 2.75) is 0 Å². The summed E-state index contributed by atoms with van der Waals surface area (Å²) in [4.78, 5) is 8.49. The maximum absolute atomic E-state index is 9.51. The van der Waals surface area contributed by atoms with E-state index in [0.29, 0.717) is 11.5 Å². The van der Waals surface area contributed by atoms with E-state index in [-0.39, 0.29) is 0 Å². The maximum atomic E-state index is 9.51. The first kappa shape index (κ1) is 14.9. The summed E-state index contributed by atoms with van der Waals surface area (Å²) in [6, 6.07) is 17.1. The van der Waals surface area contributed by atoms with E-state index < -0.39 is 0 Å². The molecule has 0 spiro atoms. The Morgan fingerprint density at radius 1 is 1.00 bits per heavy atom. The van der Waals surface area contributed by atoms with Crippen LogP contribution in [0.3, 0.4) is 0 Å². The molecule has 0 aliphatic heterocycles. The number of benzene rings is 1. The van der Waals surface area contributed by atoms with Crippen molar-refractivity contribution in [1.82, 2.24) is 14.4 Å². The Balaban J connectivity index is 1.91. The van der Waals surface area contributed by atoms with Crippen molar-refractivity contribution in [2.24, 2.45) is 5.16 Å². The van der Waals surface area contributed by atoms with Gasteiger partial charge in [-0.2, -0.15) is 0 Å². The molecule has 122 valence electrons. The molecule has 3 heterocycles. The molecule has 0 aliphatic carbocycles. The first-order valence-electron chi connectivity index (χ1n) is 7.74. The second-order valence-corrected chi connectivity index (χ2v) is 5.55. The Hall–Kier alpha value is -3.67. The number of aromatic nitrogens is 3. The molecule has 1 aromatic carbocycles. The molecule has 4 aromatic rings. The van der Waals surface area contributed by atoms with Crippen LogP contribution in [0.5, 0.6) is 0 Å². The number of anilines is 1. The van der Waals surface area contributed by atoms with Gasteiger partial charge >= 0.3 is 0 Å². The molecular weight excluding hydrogens is 314 g/mol. The van der Waals surface area contributed by atoms with Crippen LogP contribution in [-0.4, -0.2) is 25.3 Å². The molecule has 0 aliphatic rings. The Labute approximate surface area is 143 Å². The molecule has 0 bridgehead atoms. The summed E-state index contributed by atoms with van der Waals surface area (Å²) < 4.78 is 1.90. The van der Waals surface area contributed by atoms with Gasteiger partial charge in [-0.05, 0) is 24.3 Å². The molecule has 0 saturated carbocycles. The van der Waals surface area contributed by atoms with Gasteiger partial charge in [0.05, 0.1) is 5.69 Å². The molecule has 0 fully saturated rings. The van der Waals surface area contributed by atoms with Crippen LogP contribution in [0.2, 0.25) is 0 Å². The van der Waals surface area contributed by atoms with E-state index in [2.05, 4.69) is 15.1 Å². The zero-order valence-electron chi connectivity index (χ0n) is 13.2. The summed E-state index contributed by atoms with van der Waals surface area (Å²) in [5.41, 5.74) is 10.5. The fourth-order valence-corrected chi connectivity index (χ4v) is 2.87. The fourth-order valence-electron chi connectivity index (χ4n) is 2.87. The summed E-state index contributed by atoms with van der Waals surface area (Å²) >= 11 is 0. The van der Waals surface area contributed by atoms with Crippen molar-refractivity contribution in [2.75, 3.05) is 5.73 Å². The minimum Gasteiger partial charge on any atom is -0.410 e. The monoisotopic (exact) mass is 329 g/mol. The highest BCUT2D eigenvalue weighted by atomic mass is 16.4. The van der Waals surface area contributed by atoms with Crippen molar-refractivity contribution in [3.63, 3.8) is 0 Å². The standard InChI is InChI=1S/C19H15N5O/c20-19-18(13-5-2-1-3-6-13)24-12-15(8-9-16(24)22-19)17(23-25)14-7-4-10-21-11-14/h1-12,25H,20H2. The van der Waals surface area contributed by atoms with Gasteiger partial charge in [-0.25, -0.2) is 4.98 Å². The van der Waals surface area contributed by atoms with Crippen molar-refractivity contribution < 1.29 is 5.21 Å². The number of nitrogens with two attached hydrogens (primary N) is 1. The number of nitrogen functional groups attached to an aromatic ring is 1. The molecule has 0 unspecified atom stereocenters. The predicted octanol–water partition coefficient (Wildman–Crippen LogP) is 3.21. The topological polar surface area (TPSA) is 88.8 Å². The van der Waals surface area contributed by atoms with Crippen LogP contribution in [-0.2, 0) is 0 Å². The summed E-state index contributed by atoms with van der Waals surface area (Å²) in [5, 5.41) is 13.0. The lowest BCUT2D eigenvalue weighted by atomic mass is 10.1. The first-order chi connectivity index (χ1) is 12.3.